The standard InChI is InChI=1S/C17H22N4O3S/c1-4-13(19-16(23)20-17-18-9-10-25-17)12-7-5-6-8-14(12)24-11-15(22)21(2)3/h5-10,13H,4,11H2,1-3H3,(H2,18,19,20,23)/t13-/m0/s1. The van der Waals surface area contributed by atoms with Gasteiger partial charge in [-0.3, -0.25) is 10.1 Å². The molecule has 8 heteroatoms. The summed E-state index contributed by atoms with van der Waals surface area (Å²) in [6, 6.07) is 6.81. The first-order chi connectivity index (χ1) is 12.0. The average molecular weight is 362 g/mol. The largest absolute Gasteiger partial charge is 0.483 e. The Hall–Kier alpha value is -2.61. The summed E-state index contributed by atoms with van der Waals surface area (Å²) in [5.74, 6) is 0.455. The summed E-state index contributed by atoms with van der Waals surface area (Å²) in [5, 5.41) is 7.94. The minimum Gasteiger partial charge on any atom is -0.483 e. The predicted octanol–water partition coefficient (Wildman–Crippen LogP) is 2.88. The Kier molecular flexibility index (Phi) is 6.76. The number of carbonyl (C=O) groups excluding carboxylic acids is 2. The van der Waals surface area contributed by atoms with Crippen LogP contribution in [0.25, 0.3) is 0 Å². The van der Waals surface area contributed by atoms with E-state index in [9.17, 15) is 9.59 Å². The highest BCUT2D eigenvalue weighted by atomic mass is 32.1. The number of anilines is 1. The van der Waals surface area contributed by atoms with Crippen LogP contribution < -0.4 is 15.4 Å². The highest BCUT2D eigenvalue weighted by Crippen LogP contribution is 2.27. The topological polar surface area (TPSA) is 83.6 Å². The van der Waals surface area contributed by atoms with Crippen molar-refractivity contribution in [1.29, 1.82) is 0 Å². The highest BCUT2D eigenvalue weighted by molar-refractivity contribution is 7.13. The Morgan fingerprint density at radius 1 is 1.32 bits per heavy atom. The lowest BCUT2D eigenvalue weighted by Crippen LogP contribution is -2.33. The van der Waals surface area contributed by atoms with Crippen LogP contribution in [0.4, 0.5) is 9.93 Å². The summed E-state index contributed by atoms with van der Waals surface area (Å²) < 4.78 is 5.66. The summed E-state index contributed by atoms with van der Waals surface area (Å²) in [5.41, 5.74) is 0.825. The number of benzene rings is 1. The van der Waals surface area contributed by atoms with Crippen LogP contribution in [0.5, 0.6) is 5.75 Å². The number of hydrogen-bond donors (Lipinski definition) is 2. The van der Waals surface area contributed by atoms with Crippen molar-refractivity contribution in [2.45, 2.75) is 19.4 Å². The molecule has 0 saturated heterocycles. The molecule has 0 aliphatic carbocycles. The number of aromatic nitrogens is 1. The number of rotatable bonds is 7. The van der Waals surface area contributed by atoms with Gasteiger partial charge in [-0.05, 0) is 12.5 Å². The molecule has 0 radical (unpaired) electrons. The Morgan fingerprint density at radius 2 is 2.08 bits per heavy atom. The van der Waals surface area contributed by atoms with E-state index in [1.54, 1.807) is 31.7 Å². The van der Waals surface area contributed by atoms with Gasteiger partial charge in [0.2, 0.25) is 0 Å². The molecular formula is C17H22N4O3S. The van der Waals surface area contributed by atoms with E-state index in [1.165, 1.54) is 16.2 Å². The quantitative estimate of drug-likeness (QED) is 0.793. The summed E-state index contributed by atoms with van der Waals surface area (Å²) >= 11 is 1.35. The molecule has 0 bridgehead atoms. The first kappa shape index (κ1) is 18.7. The fraction of sp³-hybridized carbons (Fsp3) is 0.353. The van der Waals surface area contributed by atoms with Crippen LogP contribution in [0.3, 0.4) is 0 Å². The Balaban J connectivity index is 2.06. The zero-order valence-electron chi connectivity index (χ0n) is 14.5. The fourth-order valence-corrected chi connectivity index (χ4v) is 2.67. The first-order valence-corrected chi connectivity index (χ1v) is 8.78. The molecule has 2 aromatic rings. The Labute approximate surface area is 151 Å². The van der Waals surface area contributed by atoms with Crippen molar-refractivity contribution >= 4 is 28.4 Å². The molecule has 0 aliphatic rings. The van der Waals surface area contributed by atoms with E-state index in [0.29, 0.717) is 17.3 Å². The molecule has 1 heterocycles. The van der Waals surface area contributed by atoms with E-state index in [0.717, 1.165) is 5.56 Å². The maximum atomic E-state index is 12.2. The van der Waals surface area contributed by atoms with Gasteiger partial charge in [-0.25, -0.2) is 9.78 Å². The minimum absolute atomic E-state index is 0.0498. The van der Waals surface area contributed by atoms with E-state index >= 15 is 0 Å². The Morgan fingerprint density at radius 3 is 2.72 bits per heavy atom. The van der Waals surface area contributed by atoms with Gasteiger partial charge in [-0.15, -0.1) is 11.3 Å². The van der Waals surface area contributed by atoms with Gasteiger partial charge in [0.05, 0.1) is 6.04 Å². The molecule has 3 amide bonds. The molecule has 0 spiro atoms. The second-order valence-electron chi connectivity index (χ2n) is 5.51. The average Bonchev–Trinajstić information content (AvgIpc) is 3.10. The molecule has 134 valence electrons. The summed E-state index contributed by atoms with van der Waals surface area (Å²) in [6.45, 7) is 1.92. The van der Waals surface area contributed by atoms with E-state index in [-0.39, 0.29) is 24.6 Å². The third-order valence-electron chi connectivity index (χ3n) is 3.51. The molecular weight excluding hydrogens is 340 g/mol. The maximum absolute atomic E-state index is 12.2. The van der Waals surface area contributed by atoms with Crippen molar-refractivity contribution < 1.29 is 14.3 Å². The number of nitrogens with zero attached hydrogens (tertiary/aromatic N) is 2. The van der Waals surface area contributed by atoms with Gasteiger partial charge in [-0.2, -0.15) is 0 Å². The number of carbonyl (C=O) groups is 2. The smallest absolute Gasteiger partial charge is 0.321 e. The number of likely N-dealkylation sites (N-methyl/N-ethyl adjacent to an activating group) is 1. The molecule has 0 fully saturated rings. The normalized spacial score (nSPS) is 11.5. The van der Waals surface area contributed by atoms with Crippen LogP contribution in [0, 0.1) is 0 Å². The fourth-order valence-electron chi connectivity index (χ4n) is 2.14. The van der Waals surface area contributed by atoms with Crippen molar-refractivity contribution in [2.75, 3.05) is 26.0 Å². The van der Waals surface area contributed by atoms with Crippen LogP contribution in [-0.4, -0.2) is 42.5 Å². The Bertz CT molecular complexity index is 704. The van der Waals surface area contributed by atoms with E-state index in [4.69, 9.17) is 4.74 Å². The van der Waals surface area contributed by atoms with Gasteiger partial charge < -0.3 is 15.0 Å². The lowest BCUT2D eigenvalue weighted by Gasteiger charge is -2.21. The summed E-state index contributed by atoms with van der Waals surface area (Å²) in [7, 11) is 3.36. The molecule has 0 aliphatic heterocycles. The van der Waals surface area contributed by atoms with Crippen molar-refractivity contribution in [3.05, 3.63) is 41.4 Å². The van der Waals surface area contributed by atoms with Crippen molar-refractivity contribution in [1.82, 2.24) is 15.2 Å². The number of hydrogen-bond acceptors (Lipinski definition) is 5. The van der Waals surface area contributed by atoms with Gasteiger partial charge >= 0.3 is 6.03 Å². The van der Waals surface area contributed by atoms with E-state index in [2.05, 4.69) is 15.6 Å². The van der Waals surface area contributed by atoms with Crippen molar-refractivity contribution in [3.8, 4) is 5.75 Å². The number of para-hydroxylation sites is 1. The van der Waals surface area contributed by atoms with Crippen LogP contribution in [-0.2, 0) is 4.79 Å². The van der Waals surface area contributed by atoms with Crippen molar-refractivity contribution in [3.63, 3.8) is 0 Å². The van der Waals surface area contributed by atoms with E-state index in [1.807, 2.05) is 25.1 Å². The highest BCUT2D eigenvalue weighted by Gasteiger charge is 2.18. The first-order valence-electron chi connectivity index (χ1n) is 7.90. The van der Waals surface area contributed by atoms with E-state index < -0.39 is 0 Å². The zero-order valence-corrected chi connectivity index (χ0v) is 15.3. The predicted molar refractivity (Wildman–Crippen MR) is 97.9 cm³/mol. The van der Waals surface area contributed by atoms with Gasteiger partial charge in [0, 0.05) is 31.2 Å². The van der Waals surface area contributed by atoms with Gasteiger partial charge in [0.25, 0.3) is 5.91 Å². The molecule has 1 atom stereocenters. The monoisotopic (exact) mass is 362 g/mol. The lowest BCUT2D eigenvalue weighted by atomic mass is 10.0. The van der Waals surface area contributed by atoms with Crippen LogP contribution in [0.2, 0.25) is 0 Å². The third kappa shape index (κ3) is 5.46. The van der Waals surface area contributed by atoms with Crippen LogP contribution in [0.1, 0.15) is 24.9 Å². The molecule has 1 aromatic carbocycles. The van der Waals surface area contributed by atoms with Gasteiger partial charge in [0.15, 0.2) is 11.7 Å². The number of thiazole rings is 1. The molecule has 1 aromatic heterocycles. The molecule has 2 rings (SSSR count). The SMILES string of the molecule is CC[C@H](NC(=O)Nc1nccs1)c1ccccc1OCC(=O)N(C)C. The number of nitrogens with one attached hydrogen (secondary N) is 2. The van der Waals surface area contributed by atoms with Gasteiger partial charge in [0.1, 0.15) is 5.75 Å². The maximum Gasteiger partial charge on any atom is 0.321 e. The molecule has 0 saturated carbocycles. The number of ether oxygens (including phenoxy) is 1. The van der Waals surface area contributed by atoms with Crippen LogP contribution in [0.15, 0.2) is 35.8 Å². The van der Waals surface area contributed by atoms with Gasteiger partial charge in [-0.1, -0.05) is 25.1 Å². The number of urea groups is 1. The third-order valence-corrected chi connectivity index (χ3v) is 4.20. The minimum atomic E-state index is -0.332. The number of amides is 3. The molecule has 0 unspecified atom stereocenters. The molecule has 25 heavy (non-hydrogen) atoms. The lowest BCUT2D eigenvalue weighted by molar-refractivity contribution is -0.130. The zero-order chi connectivity index (χ0) is 18.2. The molecule has 2 N–H and O–H groups in total. The van der Waals surface area contributed by atoms with Crippen LogP contribution >= 0.6 is 11.3 Å². The van der Waals surface area contributed by atoms with Crippen molar-refractivity contribution in [2.24, 2.45) is 0 Å². The second-order valence-corrected chi connectivity index (χ2v) is 6.41. The second kappa shape index (κ2) is 9.03. The summed E-state index contributed by atoms with van der Waals surface area (Å²) in [6.07, 6.45) is 2.30. The molecule has 7 nitrogen and oxygen atoms in total. The summed E-state index contributed by atoms with van der Waals surface area (Å²) in [4.78, 5) is 29.4.